The van der Waals surface area contributed by atoms with Gasteiger partial charge in [-0.15, -0.1) is 0 Å². The lowest BCUT2D eigenvalue weighted by atomic mass is 9.98. The topological polar surface area (TPSA) is 197 Å². The van der Waals surface area contributed by atoms with Gasteiger partial charge in [0.25, 0.3) is 0 Å². The Bertz CT molecular complexity index is 2470. The number of rotatable bonds is 12. The first kappa shape index (κ1) is 41.9. The molecule has 316 valence electrons. The molecule has 4 heterocycles. The smallest absolute Gasteiger partial charge is 0.407 e. The number of imidazole rings is 1. The summed E-state index contributed by atoms with van der Waals surface area (Å²) in [6.45, 7) is 4.43. The molecule has 4 amide bonds. The minimum atomic E-state index is -0.958. The highest BCUT2D eigenvalue weighted by Gasteiger charge is 2.40. The van der Waals surface area contributed by atoms with Crippen LogP contribution in [-0.4, -0.2) is 115 Å². The molecule has 3 aromatic carbocycles. The third-order valence-electron chi connectivity index (χ3n) is 11.8. The lowest BCUT2D eigenvalue weighted by Gasteiger charge is -2.31. The van der Waals surface area contributed by atoms with Crippen LogP contribution in [0.15, 0.2) is 71.7 Å². The summed E-state index contributed by atoms with van der Waals surface area (Å²) in [5, 5.41) is 7.77. The van der Waals surface area contributed by atoms with Gasteiger partial charge in [0.05, 0.1) is 50.4 Å². The van der Waals surface area contributed by atoms with E-state index < -0.39 is 36.5 Å². The Balaban J connectivity index is 1.08. The number of H-pyrrole nitrogens is 2. The Morgan fingerprint density at radius 2 is 1.23 bits per heavy atom. The lowest BCUT2D eigenvalue weighted by Crippen LogP contribution is -2.54. The fourth-order valence-corrected chi connectivity index (χ4v) is 8.30. The third kappa shape index (κ3) is 8.43. The molecule has 2 aromatic heterocycles. The van der Waals surface area contributed by atoms with Gasteiger partial charge in [0.15, 0.2) is 5.43 Å². The normalized spacial score (nSPS) is 18.6. The number of alkyl carbamates (subject to hydrolysis) is 2. The highest BCUT2D eigenvalue weighted by molar-refractivity contribution is 5.93. The summed E-state index contributed by atoms with van der Waals surface area (Å²) in [6, 6.07) is 17.1. The molecule has 16 nitrogen and oxygen atoms in total. The zero-order valence-electron chi connectivity index (χ0n) is 34.6. The predicted octanol–water partition coefficient (Wildman–Crippen LogP) is 5.58. The molecule has 5 aromatic rings. The number of carbonyl (C=O) groups excluding carboxylic acids is 4. The first-order valence-electron chi connectivity index (χ1n) is 20.1. The minimum Gasteiger partial charge on any atom is -0.453 e. The Hall–Kier alpha value is -6.26. The molecule has 0 saturated carbocycles. The highest BCUT2D eigenvalue weighted by atomic mass is 16.5. The highest BCUT2D eigenvalue weighted by Crippen LogP contribution is 2.35. The van der Waals surface area contributed by atoms with Gasteiger partial charge in [-0.1, -0.05) is 30.3 Å². The van der Waals surface area contributed by atoms with Crippen LogP contribution in [0.1, 0.15) is 63.1 Å². The summed E-state index contributed by atoms with van der Waals surface area (Å²) >= 11 is 0. The van der Waals surface area contributed by atoms with E-state index in [0.717, 1.165) is 52.4 Å². The number of hydrogen-bond donors (Lipinski definition) is 4. The number of fused-ring (bicyclic) bond motifs is 2. The van der Waals surface area contributed by atoms with Crippen molar-refractivity contribution < 1.29 is 38.1 Å². The molecule has 0 radical (unpaired) electrons. The number of likely N-dealkylation sites (tertiary alicyclic amines) is 2. The van der Waals surface area contributed by atoms with Crippen LogP contribution in [-0.2, 0) is 28.5 Å². The average Bonchev–Trinajstić information content (AvgIpc) is 4.08. The molecule has 2 saturated heterocycles. The number of pyridine rings is 1. The van der Waals surface area contributed by atoms with E-state index in [1.54, 1.807) is 35.9 Å². The van der Waals surface area contributed by atoms with E-state index in [0.29, 0.717) is 41.9 Å². The van der Waals surface area contributed by atoms with Gasteiger partial charge >= 0.3 is 12.2 Å². The Kier molecular flexibility index (Phi) is 12.5. The first-order valence-corrected chi connectivity index (χ1v) is 20.1. The number of hydrogen-bond acceptors (Lipinski definition) is 10. The van der Waals surface area contributed by atoms with E-state index >= 15 is 0 Å². The second kappa shape index (κ2) is 17.9. The van der Waals surface area contributed by atoms with Gasteiger partial charge in [0.1, 0.15) is 17.9 Å². The van der Waals surface area contributed by atoms with Crippen LogP contribution in [0.2, 0.25) is 0 Å². The van der Waals surface area contributed by atoms with Gasteiger partial charge in [-0.25, -0.2) is 14.6 Å². The fourth-order valence-electron chi connectivity index (χ4n) is 8.30. The Labute approximate surface area is 346 Å². The van der Waals surface area contributed by atoms with Crippen molar-refractivity contribution in [2.24, 2.45) is 0 Å². The standard InChI is InChI=1S/C44H51N7O9/c1-24(57-3)38(48-43(55)59-5)41(53)50-17-7-9-35(50)33-22-37(52)31-21-29(15-16-32(31)46-33)27-11-12-28-20-30(14-13-26(28)19-27)34-23-45-40(47-34)36-10-8-18-51(36)42(54)39(25(2)58-4)49-44(56)60-6/h11-16,19-25,35-36,38-39H,7-10,17-18H2,1-6H3,(H,45,47)(H,46,52)(H,48,55)(H,49,56)/t24-,25-,35?,36+,38+,39+/m1/s1. The summed E-state index contributed by atoms with van der Waals surface area (Å²) in [4.78, 5) is 80.1. The van der Waals surface area contributed by atoms with Gasteiger partial charge in [-0.05, 0) is 85.7 Å². The molecule has 1 unspecified atom stereocenters. The van der Waals surface area contributed by atoms with E-state index in [-0.39, 0.29) is 29.3 Å². The molecular weight excluding hydrogens is 771 g/mol. The van der Waals surface area contributed by atoms with E-state index in [4.69, 9.17) is 18.9 Å². The Morgan fingerprint density at radius 3 is 1.83 bits per heavy atom. The molecule has 16 heteroatoms. The maximum absolute atomic E-state index is 13.7. The number of aromatic amines is 2. The number of benzene rings is 3. The summed E-state index contributed by atoms with van der Waals surface area (Å²) < 4.78 is 20.3. The van der Waals surface area contributed by atoms with E-state index in [2.05, 4.69) is 37.7 Å². The van der Waals surface area contributed by atoms with Crippen molar-refractivity contribution in [3.63, 3.8) is 0 Å². The second-order valence-electron chi connectivity index (χ2n) is 15.3. The zero-order valence-corrected chi connectivity index (χ0v) is 34.6. The molecule has 7 rings (SSSR count). The average molecular weight is 822 g/mol. The van der Waals surface area contributed by atoms with Gasteiger partial charge in [-0.2, -0.15) is 0 Å². The molecule has 60 heavy (non-hydrogen) atoms. The van der Waals surface area contributed by atoms with Crippen molar-refractivity contribution in [3.05, 3.63) is 88.6 Å². The SMILES string of the molecule is COC(=O)N[C@H](C(=O)N1CCCC1c1cc(=O)c2cc(-c3ccc4cc(-c5cnc([C@@H]6CCCN6C(=O)[C@@H](NC(=O)OC)[C@@H](C)OC)[nH]5)ccc4c3)ccc2[nH]1)[C@@H](C)OC. The van der Waals surface area contributed by atoms with Crippen LogP contribution in [0.25, 0.3) is 44.1 Å². The van der Waals surface area contributed by atoms with Crippen LogP contribution >= 0.6 is 0 Å². The van der Waals surface area contributed by atoms with Crippen molar-refractivity contribution in [2.75, 3.05) is 41.5 Å². The molecule has 0 spiro atoms. The van der Waals surface area contributed by atoms with Crippen molar-refractivity contribution in [2.45, 2.75) is 75.9 Å². The van der Waals surface area contributed by atoms with Crippen LogP contribution in [0.5, 0.6) is 0 Å². The molecular formula is C44H51N7O9. The number of nitrogens with zero attached hydrogens (tertiary/aromatic N) is 3. The molecule has 2 aliphatic rings. The summed E-state index contributed by atoms with van der Waals surface area (Å²) in [6.07, 6.45) is 2.07. The van der Waals surface area contributed by atoms with Gasteiger partial charge in [0.2, 0.25) is 11.8 Å². The maximum Gasteiger partial charge on any atom is 0.407 e. The summed E-state index contributed by atoms with van der Waals surface area (Å²) in [5.74, 6) is 0.0914. The van der Waals surface area contributed by atoms with E-state index in [1.165, 1.54) is 28.4 Å². The quantitative estimate of drug-likeness (QED) is 0.123. The molecule has 6 atom stereocenters. The van der Waals surface area contributed by atoms with E-state index in [1.807, 2.05) is 42.5 Å². The third-order valence-corrected chi connectivity index (χ3v) is 11.8. The molecule has 0 aliphatic carbocycles. The van der Waals surface area contributed by atoms with Crippen LogP contribution in [0.3, 0.4) is 0 Å². The van der Waals surface area contributed by atoms with Crippen molar-refractivity contribution in [3.8, 4) is 22.4 Å². The number of carbonyl (C=O) groups is 4. The first-order chi connectivity index (χ1) is 28.9. The number of aromatic nitrogens is 3. The van der Waals surface area contributed by atoms with Crippen LogP contribution in [0.4, 0.5) is 9.59 Å². The maximum atomic E-state index is 13.7. The van der Waals surface area contributed by atoms with Crippen LogP contribution < -0.4 is 16.1 Å². The van der Waals surface area contributed by atoms with Crippen LogP contribution in [0, 0.1) is 0 Å². The Morgan fingerprint density at radius 1 is 0.700 bits per heavy atom. The number of ether oxygens (including phenoxy) is 4. The van der Waals surface area contributed by atoms with Gasteiger partial charge in [0, 0.05) is 55.5 Å². The van der Waals surface area contributed by atoms with Gasteiger partial charge in [-0.3, -0.25) is 14.4 Å². The number of methoxy groups -OCH3 is 4. The molecule has 2 fully saturated rings. The van der Waals surface area contributed by atoms with Crippen molar-refractivity contribution in [1.29, 1.82) is 0 Å². The summed E-state index contributed by atoms with van der Waals surface area (Å²) in [7, 11) is 5.45. The van der Waals surface area contributed by atoms with Gasteiger partial charge < -0.3 is 49.3 Å². The zero-order chi connectivity index (χ0) is 42.7. The van der Waals surface area contributed by atoms with E-state index in [9.17, 15) is 24.0 Å². The number of nitrogens with one attached hydrogen (secondary N) is 4. The molecule has 0 bridgehead atoms. The second-order valence-corrected chi connectivity index (χ2v) is 15.3. The molecule has 4 N–H and O–H groups in total. The van der Waals surface area contributed by atoms with Crippen molar-refractivity contribution in [1.82, 2.24) is 35.4 Å². The fraction of sp³-hybridized carbons (Fsp3) is 0.409. The monoisotopic (exact) mass is 821 g/mol. The van der Waals surface area contributed by atoms with Crippen molar-refractivity contribution >= 4 is 45.7 Å². The number of amides is 4. The molecule has 2 aliphatic heterocycles. The predicted molar refractivity (Wildman–Crippen MR) is 224 cm³/mol. The largest absolute Gasteiger partial charge is 0.453 e. The minimum absolute atomic E-state index is 0.161. The lowest BCUT2D eigenvalue weighted by molar-refractivity contribution is -0.138. The summed E-state index contributed by atoms with van der Waals surface area (Å²) in [5.41, 5.74) is 4.70.